The molecule has 0 spiro atoms. The number of rotatable bonds is 6. The lowest BCUT2D eigenvalue weighted by atomic mass is 10.1. The second-order valence-electron chi connectivity index (χ2n) is 6.76. The molecule has 1 aromatic heterocycles. The number of nitrogens with zero attached hydrogens (tertiary/aromatic N) is 3. The monoisotopic (exact) mass is 512 g/mol. The van der Waals surface area contributed by atoms with E-state index in [1.165, 1.54) is 11.8 Å². The molecule has 0 aliphatic carbocycles. The molecular formula is C21H29IN4O3. The van der Waals surface area contributed by atoms with Gasteiger partial charge < -0.3 is 24.6 Å². The summed E-state index contributed by atoms with van der Waals surface area (Å²) < 4.78 is 5.22. The van der Waals surface area contributed by atoms with Crippen molar-refractivity contribution in [3.05, 3.63) is 54.0 Å². The summed E-state index contributed by atoms with van der Waals surface area (Å²) in [5.41, 5.74) is 1.20. The molecule has 29 heavy (non-hydrogen) atoms. The van der Waals surface area contributed by atoms with Crippen LogP contribution in [0.4, 0.5) is 0 Å². The van der Waals surface area contributed by atoms with Gasteiger partial charge in [0.1, 0.15) is 5.75 Å². The Labute approximate surface area is 188 Å². The molecule has 8 heteroatoms. The van der Waals surface area contributed by atoms with Gasteiger partial charge in [0.05, 0.1) is 6.26 Å². The maximum absolute atomic E-state index is 12.4. The van der Waals surface area contributed by atoms with Crippen molar-refractivity contribution >= 4 is 35.8 Å². The average Bonchev–Trinajstić information content (AvgIpc) is 3.26. The van der Waals surface area contributed by atoms with Crippen LogP contribution < -0.4 is 5.32 Å². The normalized spacial score (nSPS) is 14.4. The van der Waals surface area contributed by atoms with Crippen LogP contribution in [0.2, 0.25) is 0 Å². The molecule has 1 aromatic carbocycles. The molecule has 0 atom stereocenters. The highest BCUT2D eigenvalue weighted by Gasteiger charge is 2.25. The Morgan fingerprint density at radius 3 is 2.45 bits per heavy atom. The van der Waals surface area contributed by atoms with E-state index >= 15 is 0 Å². The first-order valence-electron chi connectivity index (χ1n) is 9.81. The van der Waals surface area contributed by atoms with Crippen molar-refractivity contribution in [1.82, 2.24) is 15.1 Å². The molecule has 1 aliphatic rings. The number of nitrogens with one attached hydrogen (secondary N) is 1. The van der Waals surface area contributed by atoms with Crippen LogP contribution in [-0.2, 0) is 6.42 Å². The number of aliphatic imine (C=N–C) groups is 1. The predicted molar refractivity (Wildman–Crippen MR) is 124 cm³/mol. The Bertz CT molecular complexity index is 770. The summed E-state index contributed by atoms with van der Waals surface area (Å²) in [6.07, 6.45) is 3.39. The lowest BCUT2D eigenvalue weighted by molar-refractivity contribution is 0.0657. The van der Waals surface area contributed by atoms with Crippen LogP contribution in [0.3, 0.4) is 0 Å². The highest BCUT2D eigenvalue weighted by atomic mass is 127. The number of guanidine groups is 1. The summed E-state index contributed by atoms with van der Waals surface area (Å²) in [4.78, 5) is 21.2. The van der Waals surface area contributed by atoms with Crippen molar-refractivity contribution in [1.29, 1.82) is 0 Å². The Balaban J connectivity index is 0.00000300. The summed E-state index contributed by atoms with van der Waals surface area (Å²) in [6.45, 7) is 6.39. The van der Waals surface area contributed by atoms with Gasteiger partial charge in [-0.2, -0.15) is 0 Å². The number of benzene rings is 1. The quantitative estimate of drug-likeness (QED) is 0.269. The van der Waals surface area contributed by atoms with Crippen LogP contribution in [0.5, 0.6) is 5.75 Å². The SMILES string of the molecule is CCNC(=NCCCc1ccc(O)cc1)N1CCN(C(=O)c2ccco2)CC1.I. The first kappa shape index (κ1) is 23.1. The molecule has 2 N–H and O–H groups in total. The van der Waals surface area contributed by atoms with E-state index in [-0.39, 0.29) is 29.9 Å². The first-order valence-corrected chi connectivity index (χ1v) is 9.81. The number of amides is 1. The lowest BCUT2D eigenvalue weighted by Gasteiger charge is -2.36. The predicted octanol–water partition coefficient (Wildman–Crippen LogP) is 2.96. The van der Waals surface area contributed by atoms with Crippen LogP contribution in [-0.4, -0.2) is 66.0 Å². The van der Waals surface area contributed by atoms with E-state index in [0.29, 0.717) is 24.6 Å². The van der Waals surface area contributed by atoms with Crippen LogP contribution in [0.15, 0.2) is 52.1 Å². The maximum atomic E-state index is 12.4. The molecule has 158 valence electrons. The Morgan fingerprint density at radius 1 is 1.14 bits per heavy atom. The number of halogens is 1. The van der Waals surface area contributed by atoms with Gasteiger partial charge in [-0.1, -0.05) is 12.1 Å². The standard InChI is InChI=1S/C21H28N4O3.HI/c1-2-22-21(23-11-3-5-17-7-9-18(26)10-8-17)25-14-12-24(13-15-25)20(27)19-6-4-16-28-19;/h4,6-10,16,26H,2-3,5,11-15H2,1H3,(H,22,23);1H. The Morgan fingerprint density at radius 2 is 1.83 bits per heavy atom. The fourth-order valence-electron chi connectivity index (χ4n) is 3.23. The smallest absolute Gasteiger partial charge is 0.289 e. The molecule has 1 fully saturated rings. The Kier molecular flexibility index (Phi) is 9.30. The molecule has 2 aromatic rings. The van der Waals surface area contributed by atoms with E-state index in [1.807, 2.05) is 17.0 Å². The van der Waals surface area contributed by atoms with Crippen molar-refractivity contribution < 1.29 is 14.3 Å². The van der Waals surface area contributed by atoms with Gasteiger partial charge in [0.25, 0.3) is 5.91 Å². The molecule has 0 saturated carbocycles. The molecule has 0 bridgehead atoms. The van der Waals surface area contributed by atoms with Crippen LogP contribution >= 0.6 is 24.0 Å². The Hall–Kier alpha value is -2.23. The molecule has 1 saturated heterocycles. The zero-order chi connectivity index (χ0) is 19.8. The van der Waals surface area contributed by atoms with Gasteiger partial charge in [-0.05, 0) is 49.6 Å². The lowest BCUT2D eigenvalue weighted by Crippen LogP contribution is -2.53. The van der Waals surface area contributed by atoms with Gasteiger partial charge >= 0.3 is 0 Å². The second-order valence-corrected chi connectivity index (χ2v) is 6.76. The van der Waals surface area contributed by atoms with Crippen LogP contribution in [0, 0.1) is 0 Å². The highest BCUT2D eigenvalue weighted by molar-refractivity contribution is 14.0. The minimum Gasteiger partial charge on any atom is -0.508 e. The number of furan rings is 1. The number of aryl methyl sites for hydroxylation is 1. The van der Waals surface area contributed by atoms with E-state index in [2.05, 4.69) is 17.1 Å². The van der Waals surface area contributed by atoms with E-state index in [9.17, 15) is 9.90 Å². The zero-order valence-electron chi connectivity index (χ0n) is 16.7. The van der Waals surface area contributed by atoms with Gasteiger partial charge in [-0.25, -0.2) is 0 Å². The minimum atomic E-state index is -0.0551. The molecule has 3 rings (SSSR count). The van der Waals surface area contributed by atoms with E-state index in [4.69, 9.17) is 9.41 Å². The third-order valence-corrected chi connectivity index (χ3v) is 4.75. The van der Waals surface area contributed by atoms with E-state index < -0.39 is 0 Å². The van der Waals surface area contributed by atoms with Gasteiger partial charge in [0.15, 0.2) is 11.7 Å². The summed E-state index contributed by atoms with van der Waals surface area (Å²) >= 11 is 0. The number of carbonyl (C=O) groups excluding carboxylic acids is 1. The molecular weight excluding hydrogens is 483 g/mol. The third kappa shape index (κ3) is 6.66. The van der Waals surface area contributed by atoms with Gasteiger partial charge in [-0.3, -0.25) is 9.79 Å². The number of carbonyl (C=O) groups is 1. The van der Waals surface area contributed by atoms with E-state index in [1.54, 1.807) is 24.3 Å². The zero-order valence-corrected chi connectivity index (χ0v) is 19.0. The summed E-state index contributed by atoms with van der Waals surface area (Å²) in [7, 11) is 0. The fourth-order valence-corrected chi connectivity index (χ4v) is 3.23. The van der Waals surface area contributed by atoms with Crippen LogP contribution in [0.25, 0.3) is 0 Å². The van der Waals surface area contributed by atoms with Gasteiger partial charge in [0.2, 0.25) is 0 Å². The van der Waals surface area contributed by atoms with Crippen molar-refractivity contribution in [3.63, 3.8) is 0 Å². The van der Waals surface area contributed by atoms with Crippen molar-refractivity contribution in [2.75, 3.05) is 39.3 Å². The highest BCUT2D eigenvalue weighted by Crippen LogP contribution is 2.12. The molecule has 1 amide bonds. The first-order chi connectivity index (χ1) is 13.7. The number of phenols is 1. The molecule has 1 aliphatic heterocycles. The minimum absolute atomic E-state index is 0. The summed E-state index contributed by atoms with van der Waals surface area (Å²) in [5.74, 6) is 1.53. The topological polar surface area (TPSA) is 81.3 Å². The van der Waals surface area contributed by atoms with Crippen LogP contribution in [0.1, 0.15) is 29.5 Å². The van der Waals surface area contributed by atoms with Gasteiger partial charge in [-0.15, -0.1) is 24.0 Å². The number of hydrogen-bond donors (Lipinski definition) is 2. The fraction of sp³-hybridized carbons (Fsp3) is 0.429. The van der Waals surface area contributed by atoms with Crippen molar-refractivity contribution in [2.24, 2.45) is 4.99 Å². The number of hydrogen-bond acceptors (Lipinski definition) is 4. The summed E-state index contributed by atoms with van der Waals surface area (Å²) in [5, 5.41) is 12.7. The number of piperazine rings is 1. The molecule has 7 nitrogen and oxygen atoms in total. The number of phenolic OH excluding ortho intramolecular Hbond substituents is 1. The van der Waals surface area contributed by atoms with E-state index in [0.717, 1.165) is 45.0 Å². The second kappa shape index (κ2) is 11.7. The molecule has 2 heterocycles. The van der Waals surface area contributed by atoms with Crippen molar-refractivity contribution in [2.45, 2.75) is 19.8 Å². The maximum Gasteiger partial charge on any atom is 0.289 e. The molecule has 0 unspecified atom stereocenters. The number of aromatic hydroxyl groups is 1. The summed E-state index contributed by atoms with van der Waals surface area (Å²) in [6, 6.07) is 10.8. The molecule has 0 radical (unpaired) electrons. The largest absolute Gasteiger partial charge is 0.508 e. The van der Waals surface area contributed by atoms with Crippen molar-refractivity contribution in [3.8, 4) is 5.75 Å². The average molecular weight is 512 g/mol. The third-order valence-electron chi connectivity index (χ3n) is 4.75. The van der Waals surface area contributed by atoms with Gasteiger partial charge in [0, 0.05) is 39.3 Å².